The number of imidazole rings is 1. The Labute approximate surface area is 209 Å². The second-order valence-electron chi connectivity index (χ2n) is 7.38. The molecule has 4 rings (SSSR count). The number of nitrogens with one attached hydrogen (secondary N) is 2. The van der Waals surface area contributed by atoms with Crippen LogP contribution in [0.4, 0.5) is 5.95 Å². The average Bonchev–Trinajstić information content (AvgIpc) is 3.17. The minimum atomic E-state index is -1.03. The predicted octanol–water partition coefficient (Wildman–Crippen LogP) is 2.09. The van der Waals surface area contributed by atoms with Gasteiger partial charge in [0, 0.05) is 17.6 Å². The lowest BCUT2D eigenvalue weighted by Gasteiger charge is -2.15. The molecule has 2 heterocycles. The molecule has 0 amide bonds. The summed E-state index contributed by atoms with van der Waals surface area (Å²) in [6.07, 6.45) is 0.343. The molecule has 4 N–H and O–H groups in total. The van der Waals surface area contributed by atoms with Crippen molar-refractivity contribution in [2.45, 2.75) is 12.6 Å². The zero-order chi connectivity index (χ0) is 24.2. The highest BCUT2D eigenvalue weighted by molar-refractivity contribution is 6.30. The number of para-hydroxylation sites is 1. The van der Waals surface area contributed by atoms with Gasteiger partial charge in [-0.3, -0.25) is 14.3 Å². The number of hydrogen-bond acceptors (Lipinski definition) is 8. The molecule has 4 aromatic rings. The van der Waals surface area contributed by atoms with Crippen LogP contribution in [0.25, 0.3) is 11.2 Å². The molecule has 0 aliphatic heterocycles. The first-order valence-electron chi connectivity index (χ1n) is 10.2. The number of anilines is 1. The van der Waals surface area contributed by atoms with Gasteiger partial charge in [0.25, 0.3) is 5.56 Å². The normalized spacial score (nSPS) is 12.0. The summed E-state index contributed by atoms with van der Waals surface area (Å²) < 4.78 is 8.18. The van der Waals surface area contributed by atoms with Crippen LogP contribution in [0.2, 0.25) is 5.02 Å². The molecule has 35 heavy (non-hydrogen) atoms. The maximum atomic E-state index is 12.6. The van der Waals surface area contributed by atoms with Crippen molar-refractivity contribution in [2.75, 3.05) is 12.0 Å². The third kappa shape index (κ3) is 5.83. The van der Waals surface area contributed by atoms with E-state index in [2.05, 4.69) is 20.5 Å². The van der Waals surface area contributed by atoms with Crippen LogP contribution in [0.3, 0.4) is 0 Å². The smallest absolute Gasteiger partial charge is 0.329 e. The van der Waals surface area contributed by atoms with E-state index in [1.165, 1.54) is 28.5 Å². The summed E-state index contributed by atoms with van der Waals surface area (Å²) in [5, 5.41) is 25.1. The fraction of sp³-hybridized carbons (Fsp3) is 0.182. The quantitative estimate of drug-likeness (QED) is 0.205. The van der Waals surface area contributed by atoms with Gasteiger partial charge in [-0.05, 0) is 36.4 Å². The summed E-state index contributed by atoms with van der Waals surface area (Å²) in [6.45, 7) is -0.161. The average molecular weight is 521 g/mol. The third-order valence-corrected chi connectivity index (χ3v) is 5.21. The SMILES string of the molecule is Cl.Cn1c(=O)[nH]c(=O)c2c1nc(NN=Cc1ccccc1O)n2CC(O)COc1ccc(Cl)cc1. The number of aromatic nitrogens is 4. The number of aliphatic hydroxyl groups excluding tert-OH is 1. The van der Waals surface area contributed by atoms with Gasteiger partial charge in [0.2, 0.25) is 5.95 Å². The number of fused-ring (bicyclic) bond motifs is 1. The molecule has 11 nitrogen and oxygen atoms in total. The Bertz CT molecular complexity index is 1460. The molecule has 184 valence electrons. The number of aromatic amines is 1. The van der Waals surface area contributed by atoms with Crippen LogP contribution in [0.1, 0.15) is 5.56 Å². The molecule has 2 aromatic heterocycles. The predicted molar refractivity (Wildman–Crippen MR) is 135 cm³/mol. The Morgan fingerprint density at radius 3 is 2.66 bits per heavy atom. The van der Waals surface area contributed by atoms with Gasteiger partial charge in [-0.15, -0.1) is 12.4 Å². The molecule has 0 aliphatic rings. The van der Waals surface area contributed by atoms with Crippen LogP contribution < -0.4 is 21.4 Å². The van der Waals surface area contributed by atoms with E-state index in [0.29, 0.717) is 16.3 Å². The molecule has 2 aromatic carbocycles. The minimum absolute atomic E-state index is 0. The van der Waals surface area contributed by atoms with E-state index >= 15 is 0 Å². The maximum Gasteiger partial charge on any atom is 0.329 e. The number of aromatic hydroxyl groups is 1. The number of hydrazone groups is 1. The zero-order valence-corrected chi connectivity index (χ0v) is 20.0. The number of nitrogens with zero attached hydrogens (tertiary/aromatic N) is 4. The van der Waals surface area contributed by atoms with E-state index < -0.39 is 17.4 Å². The summed E-state index contributed by atoms with van der Waals surface area (Å²) in [5.41, 5.74) is 2.07. The van der Waals surface area contributed by atoms with Gasteiger partial charge in [-0.1, -0.05) is 23.7 Å². The third-order valence-electron chi connectivity index (χ3n) is 4.96. The van der Waals surface area contributed by atoms with Crippen molar-refractivity contribution in [1.82, 2.24) is 19.1 Å². The molecular weight excluding hydrogens is 499 g/mol. The lowest BCUT2D eigenvalue weighted by Crippen LogP contribution is -2.30. The Morgan fingerprint density at radius 2 is 1.94 bits per heavy atom. The first-order chi connectivity index (χ1) is 16.3. The molecule has 1 atom stereocenters. The maximum absolute atomic E-state index is 12.6. The van der Waals surface area contributed by atoms with Crippen molar-refractivity contribution < 1.29 is 14.9 Å². The Balaban J connectivity index is 0.00000342. The van der Waals surface area contributed by atoms with Crippen molar-refractivity contribution in [1.29, 1.82) is 0 Å². The fourth-order valence-electron chi connectivity index (χ4n) is 3.24. The monoisotopic (exact) mass is 520 g/mol. The van der Waals surface area contributed by atoms with Crippen LogP contribution in [0, 0.1) is 0 Å². The van der Waals surface area contributed by atoms with Crippen LogP contribution in [0.15, 0.2) is 63.2 Å². The van der Waals surface area contributed by atoms with E-state index in [1.807, 2.05) is 0 Å². The first kappa shape index (κ1) is 25.8. The minimum Gasteiger partial charge on any atom is -0.507 e. The second kappa shape index (κ2) is 11.1. The largest absolute Gasteiger partial charge is 0.507 e. The number of phenols is 1. The Morgan fingerprint density at radius 1 is 1.23 bits per heavy atom. The van der Waals surface area contributed by atoms with Crippen molar-refractivity contribution in [2.24, 2.45) is 12.1 Å². The molecule has 0 saturated heterocycles. The van der Waals surface area contributed by atoms with Gasteiger partial charge in [-0.25, -0.2) is 10.2 Å². The molecule has 0 radical (unpaired) electrons. The highest BCUT2D eigenvalue weighted by atomic mass is 35.5. The van der Waals surface area contributed by atoms with Crippen LogP contribution in [-0.2, 0) is 13.6 Å². The van der Waals surface area contributed by atoms with Crippen LogP contribution in [-0.4, -0.2) is 48.2 Å². The van der Waals surface area contributed by atoms with Gasteiger partial charge in [-0.2, -0.15) is 10.1 Å². The molecule has 0 aliphatic carbocycles. The summed E-state index contributed by atoms with van der Waals surface area (Å²) >= 11 is 5.87. The molecule has 0 fully saturated rings. The summed E-state index contributed by atoms with van der Waals surface area (Å²) in [6, 6.07) is 13.3. The van der Waals surface area contributed by atoms with Gasteiger partial charge in [0.05, 0.1) is 12.8 Å². The molecular formula is C22H22Cl2N6O5. The van der Waals surface area contributed by atoms with E-state index in [0.717, 1.165) is 0 Å². The molecule has 1 unspecified atom stereocenters. The van der Waals surface area contributed by atoms with Crippen LogP contribution >= 0.6 is 24.0 Å². The molecule has 0 saturated carbocycles. The fourth-order valence-corrected chi connectivity index (χ4v) is 3.37. The summed E-state index contributed by atoms with van der Waals surface area (Å²) in [4.78, 5) is 31.1. The highest BCUT2D eigenvalue weighted by Crippen LogP contribution is 2.19. The van der Waals surface area contributed by atoms with Gasteiger partial charge in [0.15, 0.2) is 11.2 Å². The number of aliphatic hydroxyl groups is 1. The van der Waals surface area contributed by atoms with E-state index in [-0.39, 0.29) is 48.4 Å². The van der Waals surface area contributed by atoms with Gasteiger partial charge >= 0.3 is 5.69 Å². The second-order valence-corrected chi connectivity index (χ2v) is 7.82. The lowest BCUT2D eigenvalue weighted by molar-refractivity contribution is 0.0938. The number of rotatable bonds is 8. The highest BCUT2D eigenvalue weighted by Gasteiger charge is 2.20. The van der Waals surface area contributed by atoms with Crippen molar-refractivity contribution in [3.05, 3.63) is 80.0 Å². The molecule has 0 spiro atoms. The molecule has 0 bridgehead atoms. The van der Waals surface area contributed by atoms with Crippen molar-refractivity contribution >= 4 is 47.3 Å². The number of H-pyrrole nitrogens is 1. The number of benzene rings is 2. The Kier molecular flexibility index (Phi) is 8.18. The van der Waals surface area contributed by atoms with Gasteiger partial charge in [0.1, 0.15) is 24.2 Å². The van der Waals surface area contributed by atoms with Crippen LogP contribution in [0.5, 0.6) is 11.5 Å². The summed E-state index contributed by atoms with van der Waals surface area (Å²) in [7, 11) is 1.47. The lowest BCUT2D eigenvalue weighted by atomic mass is 10.2. The number of hydrogen-bond donors (Lipinski definition) is 4. The summed E-state index contributed by atoms with van der Waals surface area (Å²) in [5.74, 6) is 0.666. The number of aryl methyl sites for hydroxylation is 1. The van der Waals surface area contributed by atoms with E-state index in [9.17, 15) is 19.8 Å². The zero-order valence-electron chi connectivity index (χ0n) is 18.4. The van der Waals surface area contributed by atoms with Gasteiger partial charge < -0.3 is 19.5 Å². The number of halogens is 2. The topological polar surface area (TPSA) is 147 Å². The first-order valence-corrected chi connectivity index (χ1v) is 10.5. The number of phenolic OH excluding ortho intramolecular Hbond substituents is 1. The van der Waals surface area contributed by atoms with Crippen molar-refractivity contribution in [3.8, 4) is 11.5 Å². The Hall–Kier alpha value is -3.80. The van der Waals surface area contributed by atoms with E-state index in [1.54, 1.807) is 42.5 Å². The van der Waals surface area contributed by atoms with E-state index in [4.69, 9.17) is 16.3 Å². The standard InChI is InChI=1S/C22H21ClN6O5.ClH/c1-28-19-18(20(32)26-22(28)33)29(11-15(30)12-34-16-8-6-14(23)7-9-16)21(25-19)27-24-10-13-4-2-3-5-17(13)31;/h2-10,15,30-31H,11-12H2,1H3,(H,25,27)(H,26,32,33);1H. The number of ether oxygens (including phenoxy) is 1. The molecule has 13 heteroatoms. The van der Waals surface area contributed by atoms with Crippen molar-refractivity contribution in [3.63, 3.8) is 0 Å².